The van der Waals surface area contributed by atoms with Gasteiger partial charge in [0.05, 0.1) is 0 Å². The van der Waals surface area contributed by atoms with E-state index < -0.39 is 0 Å². The van der Waals surface area contributed by atoms with Crippen LogP contribution < -0.4 is 10.6 Å². The van der Waals surface area contributed by atoms with Crippen molar-refractivity contribution in [3.8, 4) is 0 Å². The molecular formula is C9H17N2. The Morgan fingerprint density at radius 2 is 2.36 bits per heavy atom. The minimum absolute atomic E-state index is 0.346. The Labute approximate surface area is 68.7 Å². The van der Waals surface area contributed by atoms with Gasteiger partial charge in [-0.05, 0) is 18.8 Å². The van der Waals surface area contributed by atoms with Gasteiger partial charge in [-0.25, -0.2) is 0 Å². The maximum absolute atomic E-state index is 3.58. The van der Waals surface area contributed by atoms with Gasteiger partial charge in [0.1, 0.15) is 0 Å². The topological polar surface area (TPSA) is 24.1 Å². The van der Waals surface area contributed by atoms with Crippen molar-refractivity contribution < 1.29 is 0 Å². The molecule has 2 nitrogen and oxygen atoms in total. The van der Waals surface area contributed by atoms with E-state index in [4.69, 9.17) is 0 Å². The first-order chi connectivity index (χ1) is 5.20. The first-order valence-electron chi connectivity index (χ1n) is 4.55. The minimum atomic E-state index is 0.346. The van der Waals surface area contributed by atoms with Gasteiger partial charge in [0.25, 0.3) is 0 Å². The van der Waals surface area contributed by atoms with Gasteiger partial charge in [-0.2, -0.15) is 0 Å². The zero-order chi connectivity index (χ0) is 7.90. The van der Waals surface area contributed by atoms with Gasteiger partial charge in [0.15, 0.2) is 0 Å². The van der Waals surface area contributed by atoms with Crippen molar-refractivity contribution in [2.75, 3.05) is 13.1 Å². The van der Waals surface area contributed by atoms with Gasteiger partial charge < -0.3 is 10.6 Å². The molecule has 0 spiro atoms. The van der Waals surface area contributed by atoms with E-state index in [1.807, 2.05) is 0 Å². The van der Waals surface area contributed by atoms with Gasteiger partial charge in [-0.15, -0.1) is 0 Å². The van der Waals surface area contributed by atoms with Crippen molar-refractivity contribution in [3.63, 3.8) is 0 Å². The van der Waals surface area contributed by atoms with Crippen LogP contribution in [0.5, 0.6) is 0 Å². The molecule has 2 heteroatoms. The molecule has 2 aliphatic rings. The summed E-state index contributed by atoms with van der Waals surface area (Å²) in [4.78, 5) is 0. The number of hydrogen-bond acceptors (Lipinski definition) is 2. The number of rotatable bonds is 2. The SMILES string of the molecule is CC(C)[CH]C12CNC(CN1)C2. The van der Waals surface area contributed by atoms with Crippen LogP contribution in [0, 0.1) is 12.3 Å². The molecular weight excluding hydrogens is 136 g/mol. The predicted octanol–water partition coefficient (Wildman–Crippen LogP) is 0.551. The van der Waals surface area contributed by atoms with Gasteiger partial charge >= 0.3 is 0 Å². The summed E-state index contributed by atoms with van der Waals surface area (Å²) in [6.07, 6.45) is 3.75. The smallest absolute Gasteiger partial charge is 0.0356 e. The zero-order valence-electron chi connectivity index (χ0n) is 7.35. The maximum atomic E-state index is 3.58. The number of nitrogens with one attached hydrogen (secondary N) is 2. The van der Waals surface area contributed by atoms with Crippen LogP contribution >= 0.6 is 0 Å². The van der Waals surface area contributed by atoms with Crippen molar-refractivity contribution >= 4 is 0 Å². The van der Waals surface area contributed by atoms with E-state index in [-0.39, 0.29) is 0 Å². The lowest BCUT2D eigenvalue weighted by molar-refractivity contribution is 0.398. The van der Waals surface area contributed by atoms with Gasteiger partial charge in [-0.3, -0.25) is 0 Å². The molecule has 2 rings (SSSR count). The fourth-order valence-corrected chi connectivity index (χ4v) is 2.34. The fraction of sp³-hybridized carbons (Fsp3) is 0.889. The lowest BCUT2D eigenvalue weighted by Gasteiger charge is -2.29. The molecule has 2 aliphatic heterocycles. The average Bonchev–Trinajstić information content (AvgIpc) is 2.43. The Morgan fingerprint density at radius 1 is 1.55 bits per heavy atom. The molecule has 2 unspecified atom stereocenters. The Bertz CT molecular complexity index is 146. The second-order valence-corrected chi connectivity index (χ2v) is 4.23. The summed E-state index contributed by atoms with van der Waals surface area (Å²) < 4.78 is 0. The van der Waals surface area contributed by atoms with E-state index >= 15 is 0 Å². The summed E-state index contributed by atoms with van der Waals surface area (Å²) in [6, 6.07) is 0.741. The lowest BCUT2D eigenvalue weighted by atomic mass is 9.89. The first-order valence-corrected chi connectivity index (χ1v) is 4.55. The summed E-state index contributed by atoms with van der Waals surface area (Å²) in [5.74, 6) is 0.696. The van der Waals surface area contributed by atoms with E-state index in [1.165, 1.54) is 6.42 Å². The Hall–Kier alpha value is -0.0800. The summed E-state index contributed by atoms with van der Waals surface area (Å²) in [6.45, 7) is 6.79. The minimum Gasteiger partial charge on any atom is -0.311 e. The molecule has 2 bridgehead atoms. The highest BCUT2D eigenvalue weighted by Gasteiger charge is 2.44. The summed E-state index contributed by atoms with van der Waals surface area (Å²) in [5, 5.41) is 7.09. The molecule has 1 radical (unpaired) electrons. The van der Waals surface area contributed by atoms with Gasteiger partial charge in [0.2, 0.25) is 0 Å². The molecule has 0 aromatic carbocycles. The Morgan fingerprint density at radius 3 is 2.73 bits per heavy atom. The first kappa shape index (κ1) is 7.56. The van der Waals surface area contributed by atoms with Gasteiger partial charge in [0, 0.05) is 24.7 Å². The second kappa shape index (κ2) is 2.46. The van der Waals surface area contributed by atoms with Crippen LogP contribution in [0.3, 0.4) is 0 Å². The van der Waals surface area contributed by atoms with Crippen molar-refractivity contribution in [2.24, 2.45) is 5.92 Å². The zero-order valence-corrected chi connectivity index (χ0v) is 7.35. The molecule has 0 aliphatic carbocycles. The highest BCUT2D eigenvalue weighted by Crippen LogP contribution is 2.30. The quantitative estimate of drug-likeness (QED) is 0.605. The second-order valence-electron chi connectivity index (χ2n) is 4.23. The maximum Gasteiger partial charge on any atom is 0.0356 e. The largest absolute Gasteiger partial charge is 0.311 e. The van der Waals surface area contributed by atoms with Crippen LogP contribution in [0.25, 0.3) is 0 Å². The molecule has 63 valence electrons. The van der Waals surface area contributed by atoms with Crippen molar-refractivity contribution in [1.82, 2.24) is 10.6 Å². The van der Waals surface area contributed by atoms with E-state index in [1.54, 1.807) is 0 Å². The van der Waals surface area contributed by atoms with Crippen LogP contribution in [-0.4, -0.2) is 24.7 Å². The molecule has 2 atom stereocenters. The van der Waals surface area contributed by atoms with Crippen molar-refractivity contribution in [1.29, 1.82) is 0 Å². The van der Waals surface area contributed by atoms with Crippen LogP contribution in [0.4, 0.5) is 0 Å². The molecule has 2 heterocycles. The third kappa shape index (κ3) is 1.30. The van der Waals surface area contributed by atoms with Crippen LogP contribution in [-0.2, 0) is 0 Å². The molecule has 0 amide bonds. The van der Waals surface area contributed by atoms with E-state index in [2.05, 4.69) is 30.9 Å². The number of fused-ring (bicyclic) bond motifs is 2. The molecule has 2 saturated heterocycles. The average molecular weight is 153 g/mol. The molecule has 0 aromatic rings. The van der Waals surface area contributed by atoms with Crippen molar-refractivity contribution in [3.05, 3.63) is 6.42 Å². The van der Waals surface area contributed by atoms with E-state index in [0.29, 0.717) is 11.5 Å². The van der Waals surface area contributed by atoms with Crippen LogP contribution in [0.2, 0.25) is 0 Å². The summed E-state index contributed by atoms with van der Waals surface area (Å²) >= 11 is 0. The molecule has 11 heavy (non-hydrogen) atoms. The predicted molar refractivity (Wildman–Crippen MR) is 46.3 cm³/mol. The lowest BCUT2D eigenvalue weighted by Crippen LogP contribution is -2.50. The molecule has 0 saturated carbocycles. The highest BCUT2D eigenvalue weighted by molar-refractivity contribution is 5.15. The van der Waals surface area contributed by atoms with E-state index in [9.17, 15) is 0 Å². The molecule has 0 aromatic heterocycles. The third-order valence-corrected chi connectivity index (χ3v) is 2.67. The Kier molecular flexibility index (Phi) is 1.69. The number of piperazine rings is 1. The summed E-state index contributed by atoms with van der Waals surface area (Å²) in [5.41, 5.74) is 0.346. The van der Waals surface area contributed by atoms with E-state index in [0.717, 1.165) is 19.1 Å². The Balaban J connectivity index is 1.99. The number of hydrogen-bond donors (Lipinski definition) is 2. The third-order valence-electron chi connectivity index (χ3n) is 2.67. The van der Waals surface area contributed by atoms with Crippen LogP contribution in [0.15, 0.2) is 0 Å². The molecule has 2 fully saturated rings. The van der Waals surface area contributed by atoms with Gasteiger partial charge in [-0.1, -0.05) is 13.8 Å². The highest BCUT2D eigenvalue weighted by atomic mass is 15.2. The van der Waals surface area contributed by atoms with Crippen molar-refractivity contribution in [2.45, 2.75) is 31.8 Å². The standard InChI is InChI=1S/C9H17N2/c1-7(2)3-9-4-8(5-11-9)10-6-9/h3,7-8,10-11H,4-6H2,1-2H3. The van der Waals surface area contributed by atoms with Crippen LogP contribution in [0.1, 0.15) is 20.3 Å². The summed E-state index contributed by atoms with van der Waals surface area (Å²) in [7, 11) is 0. The normalized spacial score (nSPS) is 42.3. The fourth-order valence-electron chi connectivity index (χ4n) is 2.34. The molecule has 2 N–H and O–H groups in total. The monoisotopic (exact) mass is 153 g/mol.